The molecule has 18 heavy (non-hydrogen) atoms. The van der Waals surface area contributed by atoms with Gasteiger partial charge in [-0.2, -0.15) is 12.6 Å². The predicted octanol–water partition coefficient (Wildman–Crippen LogP) is 2.85. The largest absolute Gasteiger partial charge is 0.496 e. The predicted molar refractivity (Wildman–Crippen MR) is 79.3 cm³/mol. The van der Waals surface area contributed by atoms with Crippen LogP contribution in [0.5, 0.6) is 11.5 Å². The lowest BCUT2D eigenvalue weighted by molar-refractivity contribution is 0.310. The highest BCUT2D eigenvalue weighted by atomic mass is 32.1. The van der Waals surface area contributed by atoms with Crippen LogP contribution in [0.1, 0.15) is 22.7 Å². The van der Waals surface area contributed by atoms with Gasteiger partial charge >= 0.3 is 0 Å². The Bertz CT molecular complexity index is 419. The zero-order valence-corrected chi connectivity index (χ0v) is 13.0. The Morgan fingerprint density at radius 1 is 1.17 bits per heavy atom. The van der Waals surface area contributed by atoms with Crippen molar-refractivity contribution in [3.8, 4) is 11.5 Å². The molecule has 1 rings (SSSR count). The summed E-state index contributed by atoms with van der Waals surface area (Å²) in [6.07, 6.45) is 0. The van der Waals surface area contributed by atoms with E-state index < -0.39 is 0 Å². The summed E-state index contributed by atoms with van der Waals surface area (Å²) >= 11 is 4.44. The number of hydrogen-bond acceptors (Lipinski definition) is 4. The third-order valence-electron chi connectivity index (χ3n) is 3.40. The SMILES string of the molecule is COc1cc(C(CS)N(C)C)c(OC)c(C)c1C. The van der Waals surface area contributed by atoms with Crippen LogP contribution >= 0.6 is 12.6 Å². The monoisotopic (exact) mass is 269 g/mol. The standard InChI is InChI=1S/C14H23NO2S/c1-9-10(2)14(17-6)11(7-13(9)16-5)12(8-18)15(3)4/h7,12,18H,8H2,1-6H3. The lowest BCUT2D eigenvalue weighted by Crippen LogP contribution is -2.22. The maximum Gasteiger partial charge on any atom is 0.127 e. The zero-order valence-electron chi connectivity index (χ0n) is 12.1. The first-order valence-corrected chi connectivity index (χ1v) is 6.60. The van der Waals surface area contributed by atoms with E-state index in [1.165, 1.54) is 0 Å². The van der Waals surface area contributed by atoms with Crippen molar-refractivity contribution in [2.75, 3.05) is 34.1 Å². The van der Waals surface area contributed by atoms with Gasteiger partial charge in [0.05, 0.1) is 14.2 Å². The number of rotatable bonds is 5. The number of nitrogens with zero attached hydrogens (tertiary/aromatic N) is 1. The van der Waals surface area contributed by atoms with Gasteiger partial charge in [0, 0.05) is 17.4 Å². The minimum atomic E-state index is 0.205. The summed E-state index contributed by atoms with van der Waals surface area (Å²) in [4.78, 5) is 2.14. The molecule has 3 nitrogen and oxygen atoms in total. The number of hydrogen-bond donors (Lipinski definition) is 1. The molecule has 0 saturated carbocycles. The topological polar surface area (TPSA) is 21.7 Å². The molecule has 1 unspecified atom stereocenters. The smallest absolute Gasteiger partial charge is 0.127 e. The molecule has 0 saturated heterocycles. The summed E-state index contributed by atoms with van der Waals surface area (Å²) in [5.74, 6) is 2.56. The lowest BCUT2D eigenvalue weighted by Gasteiger charge is -2.27. The number of ether oxygens (including phenoxy) is 2. The summed E-state index contributed by atoms with van der Waals surface area (Å²) in [5, 5.41) is 0. The Balaban J connectivity index is 3.45. The van der Waals surface area contributed by atoms with Gasteiger partial charge in [-0.15, -0.1) is 0 Å². The van der Waals surface area contributed by atoms with Crippen LogP contribution < -0.4 is 9.47 Å². The molecule has 0 fully saturated rings. The summed E-state index contributed by atoms with van der Waals surface area (Å²) in [6, 6.07) is 2.26. The molecule has 4 heteroatoms. The lowest BCUT2D eigenvalue weighted by atomic mass is 9.98. The molecule has 0 aromatic heterocycles. The van der Waals surface area contributed by atoms with Gasteiger partial charge in [0.2, 0.25) is 0 Å². The minimum Gasteiger partial charge on any atom is -0.496 e. The maximum atomic E-state index is 5.57. The summed E-state index contributed by atoms with van der Waals surface area (Å²) in [5.41, 5.74) is 3.37. The molecular formula is C14H23NO2S. The molecule has 1 aromatic rings. The van der Waals surface area contributed by atoms with Gasteiger partial charge in [-0.3, -0.25) is 0 Å². The van der Waals surface area contributed by atoms with E-state index in [0.29, 0.717) is 0 Å². The van der Waals surface area contributed by atoms with Gasteiger partial charge in [-0.1, -0.05) is 0 Å². The molecule has 0 spiro atoms. The first kappa shape index (κ1) is 15.2. The Morgan fingerprint density at radius 2 is 1.78 bits per heavy atom. The molecule has 0 aliphatic heterocycles. The summed E-state index contributed by atoms with van der Waals surface area (Å²) < 4.78 is 11.0. The fraction of sp³-hybridized carbons (Fsp3) is 0.571. The van der Waals surface area contributed by atoms with E-state index in [1.54, 1.807) is 14.2 Å². The molecule has 0 heterocycles. The fourth-order valence-electron chi connectivity index (χ4n) is 2.16. The first-order valence-electron chi connectivity index (χ1n) is 5.97. The summed E-state index contributed by atoms with van der Waals surface area (Å²) in [6.45, 7) is 4.11. The number of thiol groups is 1. The molecule has 0 radical (unpaired) electrons. The van der Waals surface area contributed by atoms with Crippen molar-refractivity contribution >= 4 is 12.6 Å². The van der Waals surface area contributed by atoms with Gasteiger partial charge in [0.25, 0.3) is 0 Å². The molecule has 0 aliphatic carbocycles. The molecule has 0 bridgehead atoms. The summed E-state index contributed by atoms with van der Waals surface area (Å²) in [7, 11) is 7.50. The Labute approximate surface area is 115 Å². The van der Waals surface area contributed by atoms with E-state index in [2.05, 4.69) is 30.5 Å². The molecular weight excluding hydrogens is 246 g/mol. The van der Waals surface area contributed by atoms with E-state index in [4.69, 9.17) is 9.47 Å². The number of benzene rings is 1. The Kier molecular flexibility index (Phi) is 5.35. The van der Waals surface area contributed by atoms with E-state index in [9.17, 15) is 0 Å². The number of methoxy groups -OCH3 is 2. The van der Waals surface area contributed by atoms with E-state index in [1.807, 2.05) is 21.0 Å². The second kappa shape index (κ2) is 6.34. The van der Waals surface area contributed by atoms with Crippen molar-refractivity contribution in [2.24, 2.45) is 0 Å². The van der Waals surface area contributed by atoms with Gasteiger partial charge in [0.1, 0.15) is 11.5 Å². The van der Waals surface area contributed by atoms with Gasteiger partial charge in [0.15, 0.2) is 0 Å². The van der Waals surface area contributed by atoms with Crippen molar-refractivity contribution in [1.82, 2.24) is 4.90 Å². The first-order chi connectivity index (χ1) is 8.47. The van der Waals surface area contributed by atoms with Crippen LogP contribution in [0.25, 0.3) is 0 Å². The van der Waals surface area contributed by atoms with Crippen LogP contribution in [-0.4, -0.2) is 39.0 Å². The van der Waals surface area contributed by atoms with Gasteiger partial charge < -0.3 is 14.4 Å². The van der Waals surface area contributed by atoms with Crippen molar-refractivity contribution in [3.63, 3.8) is 0 Å². The van der Waals surface area contributed by atoms with E-state index in [0.717, 1.165) is 33.9 Å². The molecule has 0 amide bonds. The third-order valence-corrected chi connectivity index (χ3v) is 3.75. The zero-order chi connectivity index (χ0) is 13.9. The van der Waals surface area contributed by atoms with E-state index >= 15 is 0 Å². The molecule has 0 aliphatic rings. The normalized spacial score (nSPS) is 12.7. The van der Waals surface area contributed by atoms with Crippen molar-refractivity contribution in [3.05, 3.63) is 22.8 Å². The molecule has 0 N–H and O–H groups in total. The van der Waals surface area contributed by atoms with Crippen molar-refractivity contribution in [1.29, 1.82) is 0 Å². The van der Waals surface area contributed by atoms with Gasteiger partial charge in [-0.05, 0) is 45.1 Å². The Morgan fingerprint density at radius 3 is 2.17 bits per heavy atom. The van der Waals surface area contributed by atoms with Crippen LogP contribution in [0.2, 0.25) is 0 Å². The van der Waals surface area contributed by atoms with E-state index in [-0.39, 0.29) is 6.04 Å². The maximum absolute atomic E-state index is 5.57. The van der Waals surface area contributed by atoms with Crippen molar-refractivity contribution < 1.29 is 9.47 Å². The van der Waals surface area contributed by atoms with Crippen LogP contribution in [0, 0.1) is 13.8 Å². The molecule has 102 valence electrons. The fourth-order valence-corrected chi connectivity index (χ4v) is 2.68. The minimum absolute atomic E-state index is 0.205. The van der Waals surface area contributed by atoms with Crippen LogP contribution in [0.3, 0.4) is 0 Å². The average Bonchev–Trinajstić information content (AvgIpc) is 2.34. The molecule has 1 atom stereocenters. The third kappa shape index (κ3) is 2.75. The highest BCUT2D eigenvalue weighted by molar-refractivity contribution is 7.80. The Hall–Kier alpha value is -0.870. The van der Waals surface area contributed by atoms with Crippen molar-refractivity contribution in [2.45, 2.75) is 19.9 Å². The van der Waals surface area contributed by atoms with Gasteiger partial charge in [-0.25, -0.2) is 0 Å². The van der Waals surface area contributed by atoms with Crippen LogP contribution in [0.4, 0.5) is 0 Å². The molecule has 1 aromatic carbocycles. The second-order valence-corrected chi connectivity index (χ2v) is 4.98. The van der Waals surface area contributed by atoms with Crippen LogP contribution in [-0.2, 0) is 0 Å². The quantitative estimate of drug-likeness (QED) is 0.831. The highest BCUT2D eigenvalue weighted by Crippen LogP contribution is 2.38. The van der Waals surface area contributed by atoms with Crippen LogP contribution in [0.15, 0.2) is 6.07 Å². The average molecular weight is 269 g/mol. The second-order valence-electron chi connectivity index (χ2n) is 4.61. The highest BCUT2D eigenvalue weighted by Gasteiger charge is 2.21.